The van der Waals surface area contributed by atoms with Crippen LogP contribution in [0.3, 0.4) is 0 Å². The standard InChI is InChI=1S/C46H28S/c1-2-12-33-28-44-42(26-32(33)11-1)41-27-34(24-25-43(41)47-44)46-39-17-7-5-15-37(39)45(38-16-6-8-18-40(38)46)31-22-20-30(21-23-31)36-19-9-13-29-10-3-4-14-35(29)36/h1-28H. The van der Waals surface area contributed by atoms with Gasteiger partial charge in [0, 0.05) is 20.2 Å². The molecule has 0 atom stereocenters. The normalized spacial score (nSPS) is 11.8. The highest BCUT2D eigenvalue weighted by atomic mass is 32.1. The van der Waals surface area contributed by atoms with Gasteiger partial charge in [0.05, 0.1) is 0 Å². The lowest BCUT2D eigenvalue weighted by Gasteiger charge is -2.18. The predicted octanol–water partition coefficient (Wildman–Crippen LogP) is 13.7. The van der Waals surface area contributed by atoms with Gasteiger partial charge in [-0.2, -0.15) is 0 Å². The van der Waals surface area contributed by atoms with Gasteiger partial charge in [-0.15, -0.1) is 11.3 Å². The fraction of sp³-hybridized carbons (Fsp3) is 0. The fourth-order valence-electron chi connectivity index (χ4n) is 7.66. The van der Waals surface area contributed by atoms with Gasteiger partial charge < -0.3 is 0 Å². The van der Waals surface area contributed by atoms with Crippen LogP contribution in [-0.2, 0) is 0 Å². The molecule has 1 heteroatoms. The van der Waals surface area contributed by atoms with Crippen molar-refractivity contribution in [3.63, 3.8) is 0 Å². The minimum Gasteiger partial charge on any atom is -0.135 e. The van der Waals surface area contributed by atoms with Gasteiger partial charge in [0.15, 0.2) is 0 Å². The molecule has 0 bridgehead atoms. The molecule has 47 heavy (non-hydrogen) atoms. The molecule has 10 aromatic rings. The van der Waals surface area contributed by atoms with Gasteiger partial charge in [0.1, 0.15) is 0 Å². The van der Waals surface area contributed by atoms with Crippen LogP contribution in [0.4, 0.5) is 0 Å². The topological polar surface area (TPSA) is 0 Å². The first kappa shape index (κ1) is 26.5. The van der Waals surface area contributed by atoms with E-state index in [0.29, 0.717) is 0 Å². The molecule has 1 aromatic heterocycles. The minimum absolute atomic E-state index is 1.24. The van der Waals surface area contributed by atoms with Crippen LogP contribution in [-0.4, -0.2) is 0 Å². The summed E-state index contributed by atoms with van der Waals surface area (Å²) in [4.78, 5) is 0. The Balaban J connectivity index is 1.19. The Morgan fingerprint density at radius 1 is 0.277 bits per heavy atom. The second-order valence-electron chi connectivity index (χ2n) is 12.5. The van der Waals surface area contributed by atoms with Gasteiger partial charge in [-0.1, -0.05) is 146 Å². The van der Waals surface area contributed by atoms with Gasteiger partial charge in [-0.25, -0.2) is 0 Å². The van der Waals surface area contributed by atoms with Gasteiger partial charge in [-0.05, 0) is 101 Å². The second-order valence-corrected chi connectivity index (χ2v) is 13.5. The summed E-state index contributed by atoms with van der Waals surface area (Å²) in [5.74, 6) is 0. The molecule has 0 N–H and O–H groups in total. The fourth-order valence-corrected chi connectivity index (χ4v) is 8.78. The highest BCUT2D eigenvalue weighted by molar-refractivity contribution is 7.25. The molecule has 0 radical (unpaired) electrons. The van der Waals surface area contributed by atoms with Crippen LogP contribution >= 0.6 is 11.3 Å². The van der Waals surface area contributed by atoms with Crippen molar-refractivity contribution >= 4 is 74.6 Å². The Morgan fingerprint density at radius 2 is 0.766 bits per heavy atom. The lowest BCUT2D eigenvalue weighted by molar-refractivity contribution is 1.63. The summed E-state index contributed by atoms with van der Waals surface area (Å²) in [5, 5.41) is 12.9. The summed E-state index contributed by atoms with van der Waals surface area (Å²) >= 11 is 1.89. The maximum absolute atomic E-state index is 2.43. The van der Waals surface area contributed by atoms with Crippen LogP contribution < -0.4 is 0 Å². The largest absolute Gasteiger partial charge is 0.135 e. The zero-order valence-electron chi connectivity index (χ0n) is 25.6. The first-order valence-corrected chi connectivity index (χ1v) is 17.0. The molecule has 0 unspecified atom stereocenters. The van der Waals surface area contributed by atoms with Crippen molar-refractivity contribution in [3.05, 3.63) is 170 Å². The van der Waals surface area contributed by atoms with Crippen molar-refractivity contribution in [2.75, 3.05) is 0 Å². The highest BCUT2D eigenvalue weighted by Gasteiger charge is 2.18. The van der Waals surface area contributed by atoms with E-state index >= 15 is 0 Å². The van der Waals surface area contributed by atoms with Crippen molar-refractivity contribution in [1.29, 1.82) is 0 Å². The number of hydrogen-bond acceptors (Lipinski definition) is 1. The monoisotopic (exact) mass is 612 g/mol. The maximum Gasteiger partial charge on any atom is 0.0361 e. The Labute approximate surface area is 276 Å². The Kier molecular flexibility index (Phi) is 5.85. The molecule has 218 valence electrons. The van der Waals surface area contributed by atoms with E-state index in [1.54, 1.807) is 0 Å². The van der Waals surface area contributed by atoms with Crippen LogP contribution in [0.25, 0.3) is 96.6 Å². The van der Waals surface area contributed by atoms with Gasteiger partial charge in [-0.3, -0.25) is 0 Å². The van der Waals surface area contributed by atoms with Crippen molar-refractivity contribution in [2.45, 2.75) is 0 Å². The molecule has 0 aliphatic heterocycles. The van der Waals surface area contributed by atoms with E-state index < -0.39 is 0 Å². The van der Waals surface area contributed by atoms with Crippen LogP contribution in [0.5, 0.6) is 0 Å². The molecule has 0 aliphatic rings. The molecular formula is C46H28S. The first-order valence-electron chi connectivity index (χ1n) is 16.2. The molecule has 0 nitrogen and oxygen atoms in total. The van der Waals surface area contributed by atoms with Crippen LogP contribution in [0.2, 0.25) is 0 Å². The number of thiophene rings is 1. The number of benzene rings is 9. The number of hydrogen-bond donors (Lipinski definition) is 0. The van der Waals surface area contributed by atoms with E-state index in [4.69, 9.17) is 0 Å². The molecule has 0 saturated carbocycles. The summed E-state index contributed by atoms with van der Waals surface area (Å²) in [5.41, 5.74) is 7.59. The average molecular weight is 613 g/mol. The van der Waals surface area contributed by atoms with E-state index in [-0.39, 0.29) is 0 Å². The Bertz CT molecular complexity index is 2770. The zero-order chi connectivity index (χ0) is 30.9. The summed E-state index contributed by atoms with van der Waals surface area (Å²) < 4.78 is 2.67. The van der Waals surface area contributed by atoms with E-state index in [9.17, 15) is 0 Å². The average Bonchev–Trinajstić information content (AvgIpc) is 3.49. The van der Waals surface area contributed by atoms with E-state index in [0.717, 1.165) is 0 Å². The first-order chi connectivity index (χ1) is 23.3. The minimum atomic E-state index is 1.24. The van der Waals surface area contributed by atoms with Crippen molar-refractivity contribution < 1.29 is 0 Å². The molecule has 10 rings (SSSR count). The van der Waals surface area contributed by atoms with Gasteiger partial charge >= 0.3 is 0 Å². The van der Waals surface area contributed by atoms with Crippen LogP contribution in [0.1, 0.15) is 0 Å². The van der Waals surface area contributed by atoms with E-state index in [2.05, 4.69) is 170 Å². The molecule has 0 amide bonds. The smallest absolute Gasteiger partial charge is 0.0361 e. The van der Waals surface area contributed by atoms with Crippen molar-refractivity contribution in [2.24, 2.45) is 0 Å². The van der Waals surface area contributed by atoms with Gasteiger partial charge in [0.25, 0.3) is 0 Å². The second kappa shape index (κ2) is 10.4. The Hall–Kier alpha value is -5.76. The van der Waals surface area contributed by atoms with Gasteiger partial charge in [0.2, 0.25) is 0 Å². The number of fused-ring (bicyclic) bond motifs is 7. The maximum atomic E-state index is 2.43. The molecule has 0 fully saturated rings. The summed E-state index contributed by atoms with van der Waals surface area (Å²) in [6.07, 6.45) is 0. The molecule has 9 aromatic carbocycles. The third kappa shape index (κ3) is 4.14. The van der Waals surface area contributed by atoms with Crippen LogP contribution in [0, 0.1) is 0 Å². The Morgan fingerprint density at radius 3 is 1.45 bits per heavy atom. The molecule has 0 aliphatic carbocycles. The summed E-state index contributed by atoms with van der Waals surface area (Å²) in [7, 11) is 0. The molecule has 0 saturated heterocycles. The molecule has 1 heterocycles. The summed E-state index contributed by atoms with van der Waals surface area (Å²) in [6.45, 7) is 0. The van der Waals surface area contributed by atoms with E-state index in [1.165, 1.54) is 96.6 Å². The van der Waals surface area contributed by atoms with Crippen molar-refractivity contribution in [1.82, 2.24) is 0 Å². The van der Waals surface area contributed by atoms with Crippen LogP contribution in [0.15, 0.2) is 170 Å². The lowest BCUT2D eigenvalue weighted by atomic mass is 9.85. The van der Waals surface area contributed by atoms with Crippen molar-refractivity contribution in [3.8, 4) is 33.4 Å². The number of rotatable bonds is 3. The van der Waals surface area contributed by atoms with E-state index in [1.807, 2.05) is 11.3 Å². The zero-order valence-corrected chi connectivity index (χ0v) is 26.4. The third-order valence-corrected chi connectivity index (χ3v) is 11.0. The molecular weight excluding hydrogens is 585 g/mol. The third-order valence-electron chi connectivity index (χ3n) is 9.83. The summed E-state index contributed by atoms with van der Waals surface area (Å²) in [6, 6.07) is 62.8. The predicted molar refractivity (Wildman–Crippen MR) is 206 cm³/mol. The highest BCUT2D eigenvalue weighted by Crippen LogP contribution is 2.46. The molecule has 0 spiro atoms. The quantitative estimate of drug-likeness (QED) is 0.174. The SMILES string of the molecule is c1ccc2cc3c(cc2c1)sc1ccc(-c2c4ccccc4c(-c4ccc(-c5cccc6ccccc56)cc4)c4ccccc24)cc13. The lowest BCUT2D eigenvalue weighted by Crippen LogP contribution is -1.91.